The maximum Gasteiger partial charge on any atom is 0.227 e. The summed E-state index contributed by atoms with van der Waals surface area (Å²) in [5.41, 5.74) is 7.51. The molecule has 0 unspecified atom stereocenters. The minimum Gasteiger partial charge on any atom is -0.398 e. The highest BCUT2D eigenvalue weighted by Crippen LogP contribution is 2.18. The second kappa shape index (κ2) is 5.21. The van der Waals surface area contributed by atoms with Crippen LogP contribution in [0, 0.1) is 5.92 Å². The third kappa shape index (κ3) is 2.99. The molecule has 2 N–H and O–H groups in total. The minimum atomic E-state index is 0.203. The lowest BCUT2D eigenvalue weighted by atomic mass is 9.99. The summed E-state index contributed by atoms with van der Waals surface area (Å²) >= 11 is 0. The summed E-state index contributed by atoms with van der Waals surface area (Å²) < 4.78 is 0. The van der Waals surface area contributed by atoms with Gasteiger partial charge in [-0.2, -0.15) is 0 Å². The number of carbonyl (C=O) groups is 1. The Morgan fingerprint density at radius 2 is 2.24 bits per heavy atom. The molecule has 1 aromatic carbocycles. The second-order valence-electron chi connectivity index (χ2n) is 4.96. The maximum atomic E-state index is 12.1. The molecule has 0 aromatic heterocycles. The van der Waals surface area contributed by atoms with Crippen LogP contribution >= 0.6 is 0 Å². The number of piperidine rings is 1. The van der Waals surface area contributed by atoms with Crippen molar-refractivity contribution in [1.29, 1.82) is 0 Å². The third-order valence-corrected chi connectivity index (χ3v) is 3.41. The third-order valence-electron chi connectivity index (χ3n) is 3.41. The summed E-state index contributed by atoms with van der Waals surface area (Å²) in [6.07, 6.45) is 2.79. The Morgan fingerprint density at radius 1 is 1.47 bits per heavy atom. The number of hydrogen-bond acceptors (Lipinski definition) is 2. The van der Waals surface area contributed by atoms with Crippen molar-refractivity contribution in [3.63, 3.8) is 0 Å². The summed E-state index contributed by atoms with van der Waals surface area (Å²) in [4.78, 5) is 14.1. The number of benzene rings is 1. The van der Waals surface area contributed by atoms with Gasteiger partial charge in [-0.15, -0.1) is 0 Å². The molecule has 17 heavy (non-hydrogen) atoms. The standard InChI is InChI=1S/C14H20N2O/c1-11-5-4-8-16(10-11)14(17)9-12-6-2-3-7-13(12)15/h2-3,6-7,11H,4-5,8-10,15H2,1H3/t11-/m0/s1. The molecule has 0 aliphatic carbocycles. The number of amides is 1. The van der Waals surface area contributed by atoms with E-state index in [0.717, 1.165) is 25.1 Å². The van der Waals surface area contributed by atoms with Crippen LogP contribution in [0.5, 0.6) is 0 Å². The lowest BCUT2D eigenvalue weighted by Crippen LogP contribution is -2.40. The fraction of sp³-hybridized carbons (Fsp3) is 0.500. The van der Waals surface area contributed by atoms with E-state index in [1.807, 2.05) is 29.2 Å². The molecule has 1 aliphatic heterocycles. The van der Waals surface area contributed by atoms with Crippen LogP contribution in [-0.4, -0.2) is 23.9 Å². The first kappa shape index (κ1) is 12.0. The van der Waals surface area contributed by atoms with Crippen LogP contribution in [-0.2, 0) is 11.2 Å². The average Bonchev–Trinajstić information content (AvgIpc) is 2.32. The molecule has 0 radical (unpaired) electrons. The predicted octanol–water partition coefficient (Wildman–Crippen LogP) is 2.07. The average molecular weight is 232 g/mol. The SMILES string of the molecule is C[C@H]1CCCN(C(=O)Cc2ccccc2N)C1. The molecule has 1 heterocycles. The Bertz CT molecular complexity index is 403. The molecular weight excluding hydrogens is 212 g/mol. The summed E-state index contributed by atoms with van der Waals surface area (Å²) in [6, 6.07) is 7.60. The zero-order chi connectivity index (χ0) is 12.3. The molecule has 0 saturated carbocycles. The van der Waals surface area contributed by atoms with Crippen molar-refractivity contribution in [3.05, 3.63) is 29.8 Å². The first-order chi connectivity index (χ1) is 8.16. The minimum absolute atomic E-state index is 0.203. The second-order valence-corrected chi connectivity index (χ2v) is 4.96. The molecule has 3 heteroatoms. The van der Waals surface area contributed by atoms with Gasteiger partial charge in [0.1, 0.15) is 0 Å². The van der Waals surface area contributed by atoms with E-state index >= 15 is 0 Å². The van der Waals surface area contributed by atoms with Gasteiger partial charge in [-0.3, -0.25) is 4.79 Å². The van der Waals surface area contributed by atoms with Crippen molar-refractivity contribution >= 4 is 11.6 Å². The van der Waals surface area contributed by atoms with Gasteiger partial charge < -0.3 is 10.6 Å². The van der Waals surface area contributed by atoms with Crippen molar-refractivity contribution < 1.29 is 4.79 Å². The van der Waals surface area contributed by atoms with Crippen LogP contribution in [0.1, 0.15) is 25.3 Å². The molecular formula is C14H20N2O. The highest BCUT2D eigenvalue weighted by molar-refractivity contribution is 5.80. The van der Waals surface area contributed by atoms with Gasteiger partial charge in [0.05, 0.1) is 6.42 Å². The molecule has 1 aromatic rings. The molecule has 3 nitrogen and oxygen atoms in total. The summed E-state index contributed by atoms with van der Waals surface area (Å²) in [7, 11) is 0. The zero-order valence-corrected chi connectivity index (χ0v) is 10.4. The highest BCUT2D eigenvalue weighted by atomic mass is 16.2. The first-order valence-corrected chi connectivity index (χ1v) is 6.28. The van der Waals surface area contributed by atoms with E-state index < -0.39 is 0 Å². The maximum absolute atomic E-state index is 12.1. The van der Waals surface area contributed by atoms with Gasteiger partial charge in [0.25, 0.3) is 0 Å². The van der Waals surface area contributed by atoms with Gasteiger partial charge in [-0.1, -0.05) is 25.1 Å². The summed E-state index contributed by atoms with van der Waals surface area (Å²) in [5.74, 6) is 0.829. The first-order valence-electron chi connectivity index (χ1n) is 6.28. The molecule has 0 bridgehead atoms. The molecule has 0 spiro atoms. The number of hydrogen-bond donors (Lipinski definition) is 1. The Morgan fingerprint density at radius 3 is 2.94 bits per heavy atom. The van der Waals surface area contributed by atoms with Crippen molar-refractivity contribution in [2.75, 3.05) is 18.8 Å². The largest absolute Gasteiger partial charge is 0.398 e. The Balaban J connectivity index is 1.99. The number of likely N-dealkylation sites (tertiary alicyclic amines) is 1. The van der Waals surface area contributed by atoms with E-state index in [0.29, 0.717) is 18.0 Å². The molecule has 2 rings (SSSR count). The van der Waals surface area contributed by atoms with Gasteiger partial charge in [0.2, 0.25) is 5.91 Å². The van der Waals surface area contributed by atoms with Crippen LogP contribution < -0.4 is 5.73 Å². The van der Waals surface area contributed by atoms with Gasteiger partial charge in [0.15, 0.2) is 0 Å². The molecule has 1 aliphatic rings. The molecule has 1 saturated heterocycles. The lowest BCUT2D eigenvalue weighted by Gasteiger charge is -2.31. The number of nitrogens with zero attached hydrogens (tertiary/aromatic N) is 1. The monoisotopic (exact) mass is 232 g/mol. The summed E-state index contributed by atoms with van der Waals surface area (Å²) in [6.45, 7) is 4.00. The van der Waals surface area contributed by atoms with E-state index in [1.54, 1.807) is 0 Å². The predicted molar refractivity (Wildman–Crippen MR) is 69.5 cm³/mol. The lowest BCUT2D eigenvalue weighted by molar-refractivity contribution is -0.132. The van der Waals surface area contributed by atoms with E-state index in [4.69, 9.17) is 5.73 Å². The smallest absolute Gasteiger partial charge is 0.227 e. The van der Waals surface area contributed by atoms with Crippen molar-refractivity contribution in [3.8, 4) is 0 Å². The quantitative estimate of drug-likeness (QED) is 0.793. The van der Waals surface area contributed by atoms with E-state index in [1.165, 1.54) is 6.42 Å². The Labute approximate surface area is 103 Å². The van der Waals surface area contributed by atoms with Gasteiger partial charge in [0, 0.05) is 18.8 Å². The number of rotatable bonds is 2. The number of nitrogens with two attached hydrogens (primary N) is 1. The molecule has 1 fully saturated rings. The molecule has 1 atom stereocenters. The number of nitrogen functional groups attached to an aromatic ring is 1. The van der Waals surface area contributed by atoms with Crippen LogP contribution in [0.25, 0.3) is 0 Å². The van der Waals surface area contributed by atoms with E-state index in [9.17, 15) is 4.79 Å². The van der Waals surface area contributed by atoms with Crippen molar-refractivity contribution in [1.82, 2.24) is 4.90 Å². The van der Waals surface area contributed by atoms with Crippen molar-refractivity contribution in [2.45, 2.75) is 26.2 Å². The highest BCUT2D eigenvalue weighted by Gasteiger charge is 2.21. The zero-order valence-electron chi connectivity index (χ0n) is 10.4. The Hall–Kier alpha value is -1.51. The van der Waals surface area contributed by atoms with Crippen LogP contribution in [0.15, 0.2) is 24.3 Å². The normalized spacial score (nSPS) is 20.3. The van der Waals surface area contributed by atoms with Crippen LogP contribution in [0.3, 0.4) is 0 Å². The number of para-hydroxylation sites is 1. The van der Waals surface area contributed by atoms with Crippen LogP contribution in [0.2, 0.25) is 0 Å². The summed E-state index contributed by atoms with van der Waals surface area (Å²) in [5, 5.41) is 0. The van der Waals surface area contributed by atoms with E-state index in [-0.39, 0.29) is 5.91 Å². The fourth-order valence-corrected chi connectivity index (χ4v) is 2.39. The van der Waals surface area contributed by atoms with E-state index in [2.05, 4.69) is 6.92 Å². The number of anilines is 1. The molecule has 1 amide bonds. The van der Waals surface area contributed by atoms with Gasteiger partial charge >= 0.3 is 0 Å². The van der Waals surface area contributed by atoms with Crippen LogP contribution in [0.4, 0.5) is 5.69 Å². The molecule has 92 valence electrons. The fourth-order valence-electron chi connectivity index (χ4n) is 2.39. The Kier molecular flexibility index (Phi) is 3.67. The number of carbonyl (C=O) groups excluding carboxylic acids is 1. The van der Waals surface area contributed by atoms with Gasteiger partial charge in [-0.25, -0.2) is 0 Å². The van der Waals surface area contributed by atoms with Crippen molar-refractivity contribution in [2.24, 2.45) is 5.92 Å². The van der Waals surface area contributed by atoms with Gasteiger partial charge in [-0.05, 0) is 30.4 Å². The topological polar surface area (TPSA) is 46.3 Å².